The van der Waals surface area contributed by atoms with E-state index in [0.29, 0.717) is 29.3 Å². The van der Waals surface area contributed by atoms with Crippen LogP contribution in [0, 0.1) is 17.8 Å². The Bertz CT molecular complexity index is 1860. The Kier molecular flexibility index (Phi) is 5.65. The maximum absolute atomic E-state index is 14.7. The number of fused-ring (bicyclic) bond motifs is 4. The molecule has 0 unspecified atom stereocenters. The lowest BCUT2D eigenvalue weighted by atomic mass is 9.41. The molecule has 1 aromatic carbocycles. The molecule has 0 aliphatic heterocycles. The van der Waals surface area contributed by atoms with Gasteiger partial charge in [0.25, 0.3) is 0 Å². The van der Waals surface area contributed by atoms with E-state index in [0.717, 1.165) is 73.7 Å². The second-order valence-electron chi connectivity index (χ2n) is 15.0. The van der Waals surface area contributed by atoms with Gasteiger partial charge in [0.15, 0.2) is 11.5 Å². The molecule has 7 aliphatic rings. The van der Waals surface area contributed by atoms with Crippen LogP contribution in [0.5, 0.6) is 0 Å². The van der Waals surface area contributed by atoms with Gasteiger partial charge < -0.3 is 9.42 Å². The Hall–Kier alpha value is -3.83. The van der Waals surface area contributed by atoms with Gasteiger partial charge in [-0.15, -0.1) is 0 Å². The molecule has 0 spiro atoms. The molecule has 0 radical (unpaired) electrons. The number of nitrogens with zero attached hydrogens (tertiary/aromatic N) is 6. The highest BCUT2D eigenvalue weighted by Crippen LogP contribution is 2.70. The van der Waals surface area contributed by atoms with Crippen LogP contribution in [0.15, 0.2) is 41.1 Å². The third-order valence-corrected chi connectivity index (χ3v) is 11.7. The van der Waals surface area contributed by atoms with Gasteiger partial charge in [-0.05, 0) is 107 Å². The van der Waals surface area contributed by atoms with Gasteiger partial charge in [0.2, 0.25) is 11.8 Å². The summed E-state index contributed by atoms with van der Waals surface area (Å²) in [5.41, 5.74) is -1.84. The van der Waals surface area contributed by atoms with Crippen molar-refractivity contribution in [3.8, 4) is 11.1 Å². The minimum atomic E-state index is -4.63. The van der Waals surface area contributed by atoms with Gasteiger partial charge in [0, 0.05) is 35.3 Å². The fraction of sp³-hybridized carbons (Fsp3) is 0.559. The summed E-state index contributed by atoms with van der Waals surface area (Å²) in [6.07, 6.45) is 5.25. The number of aromatic nitrogens is 5. The molecule has 46 heavy (non-hydrogen) atoms. The van der Waals surface area contributed by atoms with Crippen molar-refractivity contribution < 1.29 is 26.9 Å². The number of benzene rings is 1. The fourth-order valence-electron chi connectivity index (χ4n) is 8.88. The first kappa shape index (κ1) is 28.4. The average molecular weight is 635 g/mol. The molecule has 1 amide bonds. The average Bonchev–Trinajstić information content (AvgIpc) is 3.60. The number of halogens is 4. The summed E-state index contributed by atoms with van der Waals surface area (Å²) >= 11 is 0. The van der Waals surface area contributed by atoms with E-state index in [1.54, 1.807) is 25.1 Å². The van der Waals surface area contributed by atoms with Crippen LogP contribution >= 0.6 is 0 Å². The normalized spacial score (nSPS) is 31.5. The van der Waals surface area contributed by atoms with Crippen LogP contribution in [-0.2, 0) is 16.4 Å². The first-order chi connectivity index (χ1) is 21.9. The zero-order chi connectivity index (χ0) is 31.7. The van der Waals surface area contributed by atoms with Gasteiger partial charge in [0.05, 0.1) is 5.41 Å². The molecule has 8 nitrogen and oxygen atoms in total. The molecule has 3 aromatic heterocycles. The number of alkyl halides is 4. The number of hydrogen-bond donors (Lipinski definition) is 0. The second kappa shape index (κ2) is 9.16. The Balaban J connectivity index is 1.04. The van der Waals surface area contributed by atoms with E-state index in [1.165, 1.54) is 6.20 Å². The molecule has 0 N–H and O–H groups in total. The zero-order valence-corrected chi connectivity index (χ0v) is 25.5. The van der Waals surface area contributed by atoms with Crippen molar-refractivity contribution in [3.05, 3.63) is 59.6 Å². The van der Waals surface area contributed by atoms with Crippen LogP contribution in [-0.4, -0.2) is 42.9 Å². The van der Waals surface area contributed by atoms with E-state index < -0.39 is 22.8 Å². The molecule has 12 heteroatoms. The molecular formula is C34H34F4N6O2. The Labute approximate surface area is 262 Å². The Morgan fingerprint density at radius 3 is 2.39 bits per heavy atom. The van der Waals surface area contributed by atoms with E-state index in [-0.39, 0.29) is 47.5 Å². The molecule has 240 valence electrons. The lowest BCUT2D eigenvalue weighted by Crippen LogP contribution is -2.71. The van der Waals surface area contributed by atoms with Gasteiger partial charge >= 0.3 is 6.18 Å². The molecule has 4 aromatic rings. The molecule has 0 saturated heterocycles. The van der Waals surface area contributed by atoms with Crippen LogP contribution in [0.4, 0.5) is 23.2 Å². The standard InChI is InChI=1S/C34H34F4N6O2/c1-20-39-27-25(34(36,37)38)14-23(15-44(27)41-20)22-3-2-4-24(13-22)43(29(45)32-16-33(35,17-32)18-32)19-30-7-10-31(11-8-30,12-9-30)28-40-26(42-46-28)21-5-6-21/h2-4,13-15,21H,5-12,16-19H2,1H3. The van der Waals surface area contributed by atoms with Crippen molar-refractivity contribution in [1.82, 2.24) is 24.7 Å². The molecule has 4 bridgehead atoms. The van der Waals surface area contributed by atoms with E-state index >= 15 is 0 Å². The smallest absolute Gasteiger partial charge is 0.339 e. The van der Waals surface area contributed by atoms with Crippen molar-refractivity contribution in [2.75, 3.05) is 11.4 Å². The minimum absolute atomic E-state index is 0.0785. The summed E-state index contributed by atoms with van der Waals surface area (Å²) in [5.74, 6) is 2.17. The predicted molar refractivity (Wildman–Crippen MR) is 159 cm³/mol. The Morgan fingerprint density at radius 2 is 1.74 bits per heavy atom. The largest absolute Gasteiger partial charge is 0.420 e. The first-order valence-corrected chi connectivity index (χ1v) is 16.3. The second-order valence-corrected chi connectivity index (χ2v) is 15.0. The van der Waals surface area contributed by atoms with Crippen LogP contribution in [0.2, 0.25) is 0 Å². The van der Waals surface area contributed by atoms with Crippen molar-refractivity contribution in [3.63, 3.8) is 0 Å². The number of carbonyl (C=O) groups is 1. The minimum Gasteiger partial charge on any atom is -0.339 e. The maximum atomic E-state index is 14.7. The maximum Gasteiger partial charge on any atom is 0.420 e. The van der Waals surface area contributed by atoms with E-state index in [2.05, 4.69) is 15.2 Å². The number of anilines is 1. The Morgan fingerprint density at radius 1 is 1.02 bits per heavy atom. The molecule has 7 fully saturated rings. The summed E-state index contributed by atoms with van der Waals surface area (Å²) in [6, 6.07) is 8.22. The highest BCUT2D eigenvalue weighted by atomic mass is 19.4. The predicted octanol–water partition coefficient (Wildman–Crippen LogP) is 7.50. The molecule has 3 heterocycles. The number of aryl methyl sites for hydroxylation is 1. The summed E-state index contributed by atoms with van der Waals surface area (Å²) in [5, 5.41) is 8.43. The molecule has 11 rings (SSSR count). The number of pyridine rings is 1. The van der Waals surface area contributed by atoms with Gasteiger partial charge in [-0.2, -0.15) is 23.3 Å². The monoisotopic (exact) mass is 634 g/mol. The van der Waals surface area contributed by atoms with E-state index in [1.807, 2.05) is 11.0 Å². The zero-order valence-electron chi connectivity index (χ0n) is 25.5. The quantitative estimate of drug-likeness (QED) is 0.196. The third-order valence-electron chi connectivity index (χ3n) is 11.7. The van der Waals surface area contributed by atoms with Gasteiger partial charge in [-0.25, -0.2) is 13.9 Å². The van der Waals surface area contributed by atoms with Crippen LogP contribution in [0.1, 0.15) is 99.6 Å². The van der Waals surface area contributed by atoms with Crippen molar-refractivity contribution in [1.29, 1.82) is 0 Å². The van der Waals surface area contributed by atoms with Crippen molar-refractivity contribution >= 4 is 17.2 Å². The number of amides is 1. The van der Waals surface area contributed by atoms with Gasteiger partial charge in [-0.3, -0.25) is 4.79 Å². The lowest BCUT2D eigenvalue weighted by Gasteiger charge is -2.65. The van der Waals surface area contributed by atoms with Crippen molar-refractivity contribution in [2.45, 2.75) is 101 Å². The van der Waals surface area contributed by atoms with Crippen molar-refractivity contribution in [2.24, 2.45) is 10.8 Å². The number of carbonyl (C=O) groups excluding carboxylic acids is 1. The van der Waals surface area contributed by atoms with E-state index in [9.17, 15) is 22.4 Å². The summed E-state index contributed by atoms with van der Waals surface area (Å²) in [4.78, 5) is 24.9. The highest BCUT2D eigenvalue weighted by Gasteiger charge is 2.73. The summed E-state index contributed by atoms with van der Waals surface area (Å²) in [7, 11) is 0. The molecular weight excluding hydrogens is 600 g/mol. The van der Waals surface area contributed by atoms with Crippen LogP contribution in [0.25, 0.3) is 16.8 Å². The number of rotatable bonds is 7. The van der Waals surface area contributed by atoms with E-state index in [4.69, 9.17) is 9.51 Å². The topological polar surface area (TPSA) is 89.4 Å². The first-order valence-electron chi connectivity index (χ1n) is 16.3. The lowest BCUT2D eigenvalue weighted by molar-refractivity contribution is -0.211. The SMILES string of the molecule is Cc1nc2c(C(F)(F)F)cc(-c3cccc(N(CC45CCC(c6nc(C7CC7)no6)(CC4)CC5)C(=O)C45CC(F)(C4)C5)c3)cn2n1. The van der Waals surface area contributed by atoms with Crippen LogP contribution in [0.3, 0.4) is 0 Å². The highest BCUT2D eigenvalue weighted by molar-refractivity contribution is 6.00. The molecule has 7 saturated carbocycles. The molecule has 7 aliphatic carbocycles. The summed E-state index contributed by atoms with van der Waals surface area (Å²) < 4.78 is 63.9. The molecule has 0 atom stereocenters. The van der Waals surface area contributed by atoms with Gasteiger partial charge in [-0.1, -0.05) is 17.3 Å². The number of hydrogen-bond acceptors (Lipinski definition) is 6. The van der Waals surface area contributed by atoms with Gasteiger partial charge in [0.1, 0.15) is 17.1 Å². The van der Waals surface area contributed by atoms with Crippen LogP contribution < -0.4 is 4.90 Å². The summed E-state index contributed by atoms with van der Waals surface area (Å²) in [6.45, 7) is 2.04. The third kappa shape index (κ3) is 4.27. The fourth-order valence-corrected chi connectivity index (χ4v) is 8.88.